The minimum Gasteiger partial charge on any atom is -0.330 e. The first-order chi connectivity index (χ1) is 8.79. The molecule has 1 aromatic heterocycles. The van der Waals surface area contributed by atoms with Crippen LogP contribution in [0.4, 0.5) is 0 Å². The van der Waals surface area contributed by atoms with Crippen molar-refractivity contribution >= 4 is 11.3 Å². The summed E-state index contributed by atoms with van der Waals surface area (Å²) in [4.78, 5) is 7.46. The molecule has 0 bridgehead atoms. The van der Waals surface area contributed by atoms with Gasteiger partial charge in [0.05, 0.1) is 16.7 Å². The third-order valence-corrected chi connectivity index (χ3v) is 5.10. The Morgan fingerprint density at radius 3 is 2.83 bits per heavy atom. The lowest BCUT2D eigenvalue weighted by Crippen LogP contribution is -2.37. The molecular weight excluding hydrogens is 242 g/mol. The van der Waals surface area contributed by atoms with Crippen LogP contribution in [0.2, 0.25) is 0 Å². The zero-order valence-electron chi connectivity index (χ0n) is 11.1. The van der Waals surface area contributed by atoms with E-state index in [1.165, 1.54) is 49.4 Å². The Kier molecular flexibility index (Phi) is 3.68. The average Bonchev–Trinajstić information content (AvgIpc) is 3.14. The van der Waals surface area contributed by atoms with Crippen LogP contribution in [0.25, 0.3) is 0 Å². The molecule has 2 atom stereocenters. The van der Waals surface area contributed by atoms with E-state index in [0.29, 0.717) is 12.0 Å². The Balaban J connectivity index is 1.90. The topological polar surface area (TPSA) is 42.1 Å². The van der Waals surface area contributed by atoms with E-state index in [9.17, 15) is 0 Å². The summed E-state index contributed by atoms with van der Waals surface area (Å²) >= 11 is 1.77. The Morgan fingerprint density at radius 2 is 2.22 bits per heavy atom. The maximum atomic E-state index is 6.04. The van der Waals surface area contributed by atoms with E-state index in [-0.39, 0.29) is 0 Å². The standard InChI is InChI=1S/C14H23N3S/c1-10-16-13(9-18-10)14-11(8-15)4-2-3-7-17(14)12-5-6-12/h9,11-12,14H,2-8,15H2,1H3. The maximum absolute atomic E-state index is 6.04. The Hall–Kier alpha value is -0.450. The lowest BCUT2D eigenvalue weighted by molar-refractivity contribution is 0.146. The first-order valence-electron chi connectivity index (χ1n) is 7.17. The SMILES string of the molecule is Cc1nc(C2C(CN)CCCCN2C2CC2)cs1. The molecule has 2 aliphatic rings. The van der Waals surface area contributed by atoms with Crippen LogP contribution >= 0.6 is 11.3 Å². The largest absolute Gasteiger partial charge is 0.330 e. The normalized spacial score (nSPS) is 30.3. The van der Waals surface area contributed by atoms with Gasteiger partial charge in [-0.05, 0) is 51.6 Å². The zero-order chi connectivity index (χ0) is 12.5. The highest BCUT2D eigenvalue weighted by Crippen LogP contribution is 2.41. The van der Waals surface area contributed by atoms with Crippen LogP contribution in [-0.4, -0.2) is 29.0 Å². The van der Waals surface area contributed by atoms with Crippen LogP contribution in [0.3, 0.4) is 0 Å². The molecule has 1 saturated carbocycles. The van der Waals surface area contributed by atoms with Gasteiger partial charge in [0.25, 0.3) is 0 Å². The Bertz CT molecular complexity index is 399. The molecule has 1 aliphatic carbocycles. The molecule has 2 unspecified atom stereocenters. The predicted molar refractivity (Wildman–Crippen MR) is 75.7 cm³/mol. The van der Waals surface area contributed by atoms with Gasteiger partial charge in [0.1, 0.15) is 0 Å². The highest BCUT2D eigenvalue weighted by atomic mass is 32.1. The number of hydrogen-bond donors (Lipinski definition) is 1. The van der Waals surface area contributed by atoms with Crippen molar-refractivity contribution in [3.63, 3.8) is 0 Å². The van der Waals surface area contributed by atoms with Crippen molar-refractivity contribution in [2.24, 2.45) is 11.7 Å². The van der Waals surface area contributed by atoms with Crippen LogP contribution in [0.5, 0.6) is 0 Å². The van der Waals surface area contributed by atoms with Gasteiger partial charge >= 0.3 is 0 Å². The Morgan fingerprint density at radius 1 is 1.39 bits per heavy atom. The molecule has 3 nitrogen and oxygen atoms in total. The third kappa shape index (κ3) is 2.46. The van der Waals surface area contributed by atoms with E-state index in [1.54, 1.807) is 11.3 Å². The first-order valence-corrected chi connectivity index (χ1v) is 8.05. The van der Waals surface area contributed by atoms with E-state index in [0.717, 1.165) is 12.6 Å². The van der Waals surface area contributed by atoms with E-state index in [4.69, 9.17) is 10.7 Å². The minimum atomic E-state index is 0.481. The van der Waals surface area contributed by atoms with Crippen molar-refractivity contribution < 1.29 is 0 Å². The molecule has 2 heterocycles. The van der Waals surface area contributed by atoms with Gasteiger partial charge < -0.3 is 5.73 Å². The molecule has 100 valence electrons. The van der Waals surface area contributed by atoms with Crippen molar-refractivity contribution in [1.29, 1.82) is 0 Å². The number of hydrogen-bond acceptors (Lipinski definition) is 4. The maximum Gasteiger partial charge on any atom is 0.0898 e. The second-order valence-corrected chi connectivity index (χ2v) is 6.76. The highest BCUT2D eigenvalue weighted by Gasteiger charge is 2.39. The number of rotatable bonds is 3. The van der Waals surface area contributed by atoms with Crippen molar-refractivity contribution in [3.05, 3.63) is 16.1 Å². The molecule has 1 aliphatic heterocycles. The molecule has 0 amide bonds. The van der Waals surface area contributed by atoms with E-state index in [1.807, 2.05) is 0 Å². The van der Waals surface area contributed by atoms with Crippen molar-refractivity contribution in [2.75, 3.05) is 13.1 Å². The molecule has 2 N–H and O–H groups in total. The number of nitrogens with zero attached hydrogens (tertiary/aromatic N) is 2. The summed E-state index contributed by atoms with van der Waals surface area (Å²) in [6, 6.07) is 1.29. The van der Waals surface area contributed by atoms with Gasteiger partial charge in [-0.15, -0.1) is 11.3 Å². The molecular formula is C14H23N3S. The third-order valence-electron chi connectivity index (χ3n) is 4.30. The molecule has 2 fully saturated rings. The molecule has 3 rings (SSSR count). The van der Waals surface area contributed by atoms with Crippen LogP contribution in [-0.2, 0) is 0 Å². The van der Waals surface area contributed by atoms with Crippen molar-refractivity contribution in [3.8, 4) is 0 Å². The lowest BCUT2D eigenvalue weighted by atomic mass is 9.92. The second kappa shape index (κ2) is 5.27. The van der Waals surface area contributed by atoms with Gasteiger partial charge in [-0.1, -0.05) is 6.42 Å². The van der Waals surface area contributed by atoms with Gasteiger partial charge in [0.2, 0.25) is 0 Å². The molecule has 1 saturated heterocycles. The molecule has 0 radical (unpaired) electrons. The van der Waals surface area contributed by atoms with Crippen LogP contribution < -0.4 is 5.73 Å². The summed E-state index contributed by atoms with van der Waals surface area (Å²) in [6.45, 7) is 4.14. The molecule has 1 aromatic rings. The van der Waals surface area contributed by atoms with Crippen LogP contribution in [0.1, 0.15) is 48.8 Å². The zero-order valence-corrected chi connectivity index (χ0v) is 12.0. The fraction of sp³-hybridized carbons (Fsp3) is 0.786. The van der Waals surface area contributed by atoms with Gasteiger partial charge in [0.15, 0.2) is 0 Å². The summed E-state index contributed by atoms with van der Waals surface area (Å²) in [7, 11) is 0. The second-order valence-electron chi connectivity index (χ2n) is 5.70. The fourth-order valence-electron chi connectivity index (χ4n) is 3.26. The van der Waals surface area contributed by atoms with E-state index >= 15 is 0 Å². The van der Waals surface area contributed by atoms with Crippen LogP contribution in [0.15, 0.2) is 5.38 Å². The van der Waals surface area contributed by atoms with Crippen LogP contribution in [0, 0.1) is 12.8 Å². The predicted octanol–water partition coefficient (Wildman–Crippen LogP) is 2.72. The number of nitrogens with two attached hydrogens (primary N) is 1. The van der Waals surface area contributed by atoms with E-state index < -0.39 is 0 Å². The quantitative estimate of drug-likeness (QED) is 0.913. The van der Waals surface area contributed by atoms with Gasteiger partial charge in [-0.25, -0.2) is 4.98 Å². The fourth-order valence-corrected chi connectivity index (χ4v) is 3.90. The summed E-state index contributed by atoms with van der Waals surface area (Å²) in [6.07, 6.45) is 6.66. The molecule has 18 heavy (non-hydrogen) atoms. The monoisotopic (exact) mass is 265 g/mol. The summed E-state index contributed by atoms with van der Waals surface area (Å²) < 4.78 is 0. The van der Waals surface area contributed by atoms with Gasteiger partial charge in [0, 0.05) is 11.4 Å². The highest BCUT2D eigenvalue weighted by molar-refractivity contribution is 7.09. The minimum absolute atomic E-state index is 0.481. The number of likely N-dealkylation sites (tertiary alicyclic amines) is 1. The van der Waals surface area contributed by atoms with Gasteiger partial charge in [-0.3, -0.25) is 4.90 Å². The lowest BCUT2D eigenvalue weighted by Gasteiger charge is -2.33. The summed E-state index contributed by atoms with van der Waals surface area (Å²) in [5.74, 6) is 0.592. The van der Waals surface area contributed by atoms with Crippen molar-refractivity contribution in [1.82, 2.24) is 9.88 Å². The molecule has 0 aromatic carbocycles. The molecule has 4 heteroatoms. The summed E-state index contributed by atoms with van der Waals surface area (Å²) in [5, 5.41) is 3.43. The first kappa shape index (κ1) is 12.6. The number of thiazole rings is 1. The smallest absolute Gasteiger partial charge is 0.0898 e. The van der Waals surface area contributed by atoms with Crippen molar-refractivity contribution in [2.45, 2.75) is 51.1 Å². The molecule has 0 spiro atoms. The summed E-state index contributed by atoms with van der Waals surface area (Å²) in [5.41, 5.74) is 7.32. The number of aryl methyl sites for hydroxylation is 1. The Labute approximate surface area is 113 Å². The average molecular weight is 265 g/mol. The van der Waals surface area contributed by atoms with Gasteiger partial charge in [-0.2, -0.15) is 0 Å². The van der Waals surface area contributed by atoms with E-state index in [2.05, 4.69) is 17.2 Å². The number of aromatic nitrogens is 1.